The minimum Gasteiger partial charge on any atom is -0.441 e. The van der Waals surface area contributed by atoms with Gasteiger partial charge in [-0.3, -0.25) is 4.98 Å². The Balaban J connectivity index is 1.50. The molecule has 1 aliphatic rings. The summed E-state index contributed by atoms with van der Waals surface area (Å²) in [4.78, 5) is 12.2. The van der Waals surface area contributed by atoms with Crippen molar-refractivity contribution in [2.24, 2.45) is 4.36 Å². The topological polar surface area (TPSA) is 124 Å². The molecule has 1 aliphatic carbocycles. The molecular weight excluding hydrogens is 697 g/mol. The van der Waals surface area contributed by atoms with Gasteiger partial charge in [0.25, 0.3) is 0 Å². The standard InChI is InChI=1S/C37H55N6O5SSi2/c1-46-49(45)40-26-37(44)17-15-30(16-18-37)34-23-35(42(27-47-19-21-50(2,3)4)28-48-20-22-51(5,6)7)43-36(41-34)32(25-39-43)31-13-14-33(38-24-31)29-11-9-8-10-12-29/h8-14,23-25,30,44H,15-22,26-28H2,1-7H3/q-1. The van der Waals surface area contributed by atoms with Crippen LogP contribution in [0.1, 0.15) is 37.3 Å². The van der Waals surface area contributed by atoms with Gasteiger partial charge in [0.1, 0.15) is 19.3 Å². The molecule has 1 aromatic carbocycles. The van der Waals surface area contributed by atoms with Crippen molar-refractivity contribution in [1.29, 1.82) is 0 Å². The third-order valence-corrected chi connectivity index (χ3v) is 13.4. The monoisotopic (exact) mass is 751 g/mol. The summed E-state index contributed by atoms with van der Waals surface area (Å²) in [6.45, 7) is 16.3. The Bertz CT molecular complexity index is 1770. The Morgan fingerprint density at radius 2 is 1.59 bits per heavy atom. The van der Waals surface area contributed by atoms with Gasteiger partial charge in [0.15, 0.2) is 5.65 Å². The summed E-state index contributed by atoms with van der Waals surface area (Å²) in [6, 6.07) is 18.5. The molecule has 0 bridgehead atoms. The predicted molar refractivity (Wildman–Crippen MR) is 211 cm³/mol. The average molecular weight is 752 g/mol. The van der Waals surface area contributed by atoms with Crippen LogP contribution in [-0.4, -0.2) is 86.8 Å². The third kappa shape index (κ3) is 11.3. The van der Waals surface area contributed by atoms with Crippen LogP contribution in [0, 0.1) is 0 Å². The quantitative estimate of drug-likeness (QED) is 0.0495. The fourth-order valence-corrected chi connectivity index (χ4v) is 8.01. The number of hydrogen-bond acceptors (Lipinski definition) is 11. The zero-order valence-corrected chi connectivity index (χ0v) is 34.1. The number of nitrogens with zero attached hydrogens (tertiary/aromatic N) is 6. The van der Waals surface area contributed by atoms with E-state index in [2.05, 4.69) is 72.8 Å². The number of anilines is 1. The highest BCUT2D eigenvalue weighted by atomic mass is 32.2. The van der Waals surface area contributed by atoms with Crippen LogP contribution >= 0.6 is 0 Å². The van der Waals surface area contributed by atoms with Crippen molar-refractivity contribution < 1.29 is 23.0 Å². The first-order valence-corrected chi connectivity index (χ1v) is 26.4. The van der Waals surface area contributed by atoms with E-state index in [0.29, 0.717) is 52.4 Å². The molecular formula is C37H55N6O5SSi2-. The molecule has 11 nitrogen and oxygen atoms in total. The van der Waals surface area contributed by atoms with E-state index in [4.69, 9.17) is 28.7 Å². The van der Waals surface area contributed by atoms with Crippen LogP contribution in [0.2, 0.25) is 51.4 Å². The minimum absolute atomic E-state index is 0.0773. The summed E-state index contributed by atoms with van der Waals surface area (Å²) in [7, 11) is -2.97. The Hall–Kier alpha value is -2.99. The maximum atomic E-state index is 11.8. The van der Waals surface area contributed by atoms with Gasteiger partial charge in [-0.15, -0.1) is 0 Å². The molecule has 3 aromatic heterocycles. The molecule has 3 heterocycles. The fourth-order valence-electron chi connectivity index (χ4n) is 6.05. The Labute approximate surface area is 307 Å². The largest absolute Gasteiger partial charge is 0.441 e. The maximum Gasteiger partial charge on any atom is 0.165 e. The Kier molecular flexibility index (Phi) is 13.3. The van der Waals surface area contributed by atoms with Crippen molar-refractivity contribution in [1.82, 2.24) is 19.6 Å². The zero-order valence-electron chi connectivity index (χ0n) is 31.3. The van der Waals surface area contributed by atoms with Crippen LogP contribution < -0.4 is 4.90 Å². The summed E-state index contributed by atoms with van der Waals surface area (Å²) >= 11 is 0. The molecule has 1 N–H and O–H groups in total. The van der Waals surface area contributed by atoms with Crippen molar-refractivity contribution >= 4 is 38.5 Å². The summed E-state index contributed by atoms with van der Waals surface area (Å²) < 4.78 is 35.1. The zero-order chi connectivity index (χ0) is 36.6. The molecule has 0 saturated heterocycles. The lowest BCUT2D eigenvalue weighted by atomic mass is 9.77. The molecule has 0 aliphatic heterocycles. The van der Waals surface area contributed by atoms with Gasteiger partial charge in [-0.05, 0) is 43.8 Å². The van der Waals surface area contributed by atoms with Crippen LogP contribution in [0.25, 0.3) is 28.0 Å². The number of pyridine rings is 1. The van der Waals surface area contributed by atoms with Gasteiger partial charge in [-0.25, -0.2) is 4.98 Å². The molecule has 5 rings (SSSR count). The molecule has 0 unspecified atom stereocenters. The first-order valence-electron chi connectivity index (χ1n) is 17.9. The highest BCUT2D eigenvalue weighted by Gasteiger charge is 2.34. The third-order valence-electron chi connectivity index (χ3n) is 9.37. The van der Waals surface area contributed by atoms with Gasteiger partial charge < -0.3 is 32.2 Å². The summed E-state index contributed by atoms with van der Waals surface area (Å²) in [5, 5.41) is 16.1. The Morgan fingerprint density at radius 1 is 0.941 bits per heavy atom. The van der Waals surface area contributed by atoms with Crippen molar-refractivity contribution in [3.63, 3.8) is 0 Å². The second kappa shape index (κ2) is 17.2. The molecule has 0 spiro atoms. The normalized spacial score (nSPS) is 19.1. The number of aliphatic hydroxyl groups is 1. The van der Waals surface area contributed by atoms with E-state index in [1.54, 1.807) is 0 Å². The SMILES string of the molecule is CO[S-](=O)=NCC1(O)CCC(c2cc(N(COCC[Si](C)(C)C)COCC[Si](C)(C)C)n3ncc(-c4ccc(-c5ccccc5)nc4)c3n2)CC1. The molecule has 278 valence electrons. The first kappa shape index (κ1) is 39.2. The fraction of sp³-hybridized carbons (Fsp3) is 0.541. The lowest BCUT2D eigenvalue weighted by Gasteiger charge is -2.35. The van der Waals surface area contributed by atoms with Crippen molar-refractivity contribution in [3.8, 4) is 22.4 Å². The van der Waals surface area contributed by atoms with E-state index in [1.165, 1.54) is 7.11 Å². The molecule has 0 amide bonds. The molecule has 51 heavy (non-hydrogen) atoms. The van der Waals surface area contributed by atoms with E-state index in [9.17, 15) is 9.32 Å². The lowest BCUT2D eigenvalue weighted by molar-refractivity contribution is 0.00804. The van der Waals surface area contributed by atoms with E-state index < -0.39 is 32.6 Å². The number of hydrogen-bond donors (Lipinski definition) is 1. The molecule has 4 aromatic rings. The van der Waals surface area contributed by atoms with Gasteiger partial charge in [0, 0.05) is 83.6 Å². The minimum atomic E-state index is -1.76. The van der Waals surface area contributed by atoms with Gasteiger partial charge in [-0.1, -0.05) is 86.6 Å². The van der Waals surface area contributed by atoms with Crippen molar-refractivity contribution in [2.45, 2.75) is 88.6 Å². The number of rotatable bonds is 17. The van der Waals surface area contributed by atoms with Crippen LogP contribution in [0.4, 0.5) is 5.82 Å². The molecule has 0 atom stereocenters. The Morgan fingerprint density at radius 3 is 2.16 bits per heavy atom. The number of fused-ring (bicyclic) bond motifs is 1. The summed E-state index contributed by atoms with van der Waals surface area (Å²) in [5.41, 5.74) is 4.42. The average Bonchev–Trinajstić information content (AvgIpc) is 3.53. The molecule has 14 heteroatoms. The van der Waals surface area contributed by atoms with Gasteiger partial charge in [0.05, 0.1) is 17.5 Å². The maximum absolute atomic E-state index is 11.8. The van der Waals surface area contributed by atoms with Crippen LogP contribution in [0.5, 0.6) is 0 Å². The molecule has 0 radical (unpaired) electrons. The van der Waals surface area contributed by atoms with Crippen molar-refractivity contribution in [2.75, 3.05) is 45.2 Å². The van der Waals surface area contributed by atoms with E-state index in [-0.39, 0.29) is 12.5 Å². The lowest BCUT2D eigenvalue weighted by Crippen LogP contribution is -2.37. The first-order chi connectivity index (χ1) is 24.2. The van der Waals surface area contributed by atoms with Crippen LogP contribution in [0.15, 0.2) is 65.3 Å². The predicted octanol–water partition coefficient (Wildman–Crippen LogP) is 7.99. The van der Waals surface area contributed by atoms with E-state index >= 15 is 0 Å². The second-order valence-electron chi connectivity index (χ2n) is 16.0. The highest BCUT2D eigenvalue weighted by molar-refractivity contribution is 7.69. The van der Waals surface area contributed by atoms with Gasteiger partial charge in [-0.2, -0.15) is 9.61 Å². The molecule has 1 fully saturated rings. The summed E-state index contributed by atoms with van der Waals surface area (Å²) in [5.74, 6) is 0.952. The van der Waals surface area contributed by atoms with Gasteiger partial charge in [0.2, 0.25) is 0 Å². The van der Waals surface area contributed by atoms with Crippen LogP contribution in [0.3, 0.4) is 0 Å². The van der Waals surface area contributed by atoms with Crippen molar-refractivity contribution in [3.05, 3.63) is 66.6 Å². The number of aromatic nitrogens is 4. The second-order valence-corrected chi connectivity index (χ2v) is 28.3. The summed E-state index contributed by atoms with van der Waals surface area (Å²) in [6.07, 6.45) is 6.21. The van der Waals surface area contributed by atoms with Gasteiger partial charge >= 0.3 is 0 Å². The smallest absolute Gasteiger partial charge is 0.165 e. The molecule has 1 saturated carbocycles. The van der Waals surface area contributed by atoms with E-state index in [1.807, 2.05) is 41.2 Å². The highest BCUT2D eigenvalue weighted by Crippen LogP contribution is 2.39. The van der Waals surface area contributed by atoms with E-state index in [0.717, 1.165) is 51.6 Å². The van der Waals surface area contributed by atoms with Crippen LogP contribution in [-0.2, 0) is 28.7 Å². The number of benzene rings is 1. The number of ether oxygens (including phenoxy) is 2.